The van der Waals surface area contributed by atoms with Crippen molar-refractivity contribution in [2.24, 2.45) is 46.3 Å². The molecule has 0 amide bonds. The van der Waals surface area contributed by atoms with E-state index < -0.39 is 10.1 Å². The van der Waals surface area contributed by atoms with E-state index in [2.05, 4.69) is 20.8 Å². The number of aliphatic hydroxyl groups is 1. The Bertz CT molecular complexity index is 1150. The molecule has 0 aromatic heterocycles. The van der Waals surface area contributed by atoms with Gasteiger partial charge in [-0.05, 0) is 123 Å². The van der Waals surface area contributed by atoms with Gasteiger partial charge in [-0.1, -0.05) is 38.5 Å². The van der Waals surface area contributed by atoms with Crippen LogP contribution in [0.3, 0.4) is 0 Å². The highest BCUT2D eigenvalue weighted by atomic mass is 32.2. The van der Waals surface area contributed by atoms with Crippen molar-refractivity contribution in [1.82, 2.24) is 0 Å². The average molecular weight is 561 g/mol. The number of carbonyl (C=O) groups excluding carboxylic acids is 1. The quantitative estimate of drug-likeness (QED) is 0.311. The van der Waals surface area contributed by atoms with Crippen LogP contribution in [0.25, 0.3) is 0 Å². The number of benzene rings is 1. The van der Waals surface area contributed by atoms with Crippen molar-refractivity contribution in [1.29, 1.82) is 0 Å². The van der Waals surface area contributed by atoms with E-state index >= 15 is 0 Å². The van der Waals surface area contributed by atoms with E-state index in [1.54, 1.807) is 12.1 Å². The van der Waals surface area contributed by atoms with Crippen LogP contribution in [0.1, 0.15) is 90.5 Å². The lowest BCUT2D eigenvalue weighted by atomic mass is 9.43. The molecule has 4 aliphatic rings. The van der Waals surface area contributed by atoms with Crippen LogP contribution in [-0.4, -0.2) is 38.8 Å². The minimum absolute atomic E-state index is 0.104. The average Bonchev–Trinajstić information content (AvgIpc) is 3.26. The van der Waals surface area contributed by atoms with Gasteiger partial charge in [0.05, 0.1) is 24.2 Å². The molecule has 10 atom stereocenters. The molecule has 0 aliphatic heterocycles. The molecule has 1 N–H and O–H groups in total. The molecule has 0 bridgehead atoms. The fourth-order valence-electron chi connectivity index (χ4n) is 9.82. The number of methoxy groups -OCH3 is 1. The van der Waals surface area contributed by atoms with Crippen LogP contribution < -0.4 is 0 Å². The Balaban J connectivity index is 1.28. The first-order chi connectivity index (χ1) is 18.4. The Morgan fingerprint density at radius 2 is 1.77 bits per heavy atom. The van der Waals surface area contributed by atoms with Crippen LogP contribution in [0.15, 0.2) is 29.2 Å². The number of aliphatic hydroxyl groups excluding tert-OH is 1. The molecule has 218 valence electrons. The van der Waals surface area contributed by atoms with Crippen molar-refractivity contribution in [3.63, 3.8) is 0 Å². The fourth-order valence-corrected chi connectivity index (χ4v) is 10.9. The number of esters is 1. The zero-order valence-corrected chi connectivity index (χ0v) is 25.2. The van der Waals surface area contributed by atoms with Crippen molar-refractivity contribution in [3.8, 4) is 0 Å². The summed E-state index contributed by atoms with van der Waals surface area (Å²) in [6, 6.07) is 6.89. The van der Waals surface area contributed by atoms with Crippen molar-refractivity contribution in [3.05, 3.63) is 29.8 Å². The Morgan fingerprint density at radius 1 is 1.05 bits per heavy atom. The van der Waals surface area contributed by atoms with E-state index in [4.69, 9.17) is 8.92 Å². The maximum Gasteiger partial charge on any atom is 0.305 e. The predicted octanol–water partition coefficient (Wildman–Crippen LogP) is 6.29. The fraction of sp³-hybridized carbons (Fsp3) is 0.781. The molecule has 0 spiro atoms. The summed E-state index contributed by atoms with van der Waals surface area (Å²) in [4.78, 5) is 12.0. The van der Waals surface area contributed by atoms with Crippen molar-refractivity contribution >= 4 is 16.1 Å². The number of hydrogen-bond donors (Lipinski definition) is 1. The van der Waals surface area contributed by atoms with E-state index in [1.807, 2.05) is 19.1 Å². The van der Waals surface area contributed by atoms with Gasteiger partial charge in [0, 0.05) is 6.42 Å². The predicted molar refractivity (Wildman–Crippen MR) is 150 cm³/mol. The van der Waals surface area contributed by atoms with Gasteiger partial charge in [0.25, 0.3) is 10.1 Å². The maximum absolute atomic E-state index is 13.0. The number of fused-ring (bicyclic) bond motifs is 5. The zero-order chi connectivity index (χ0) is 28.2. The molecule has 4 aliphatic carbocycles. The first kappa shape index (κ1) is 29.1. The lowest BCUT2D eigenvalue weighted by molar-refractivity contribution is -0.173. The van der Waals surface area contributed by atoms with Gasteiger partial charge >= 0.3 is 5.97 Å². The molecule has 0 saturated heterocycles. The monoisotopic (exact) mass is 560 g/mol. The Kier molecular flexibility index (Phi) is 8.02. The van der Waals surface area contributed by atoms with Gasteiger partial charge in [0.2, 0.25) is 0 Å². The Hall–Kier alpha value is -1.44. The SMILES string of the molecule is COC(=O)CC[C@@H](C)[C@@H]1CC[C@@H]2[C@H]3CC[C@H]4C[C@@H](OS(=O)(=O)c5ccc(C)cc5)CC[C@]4(C)[C@@H]3C[C@@H](O)[C@]21C. The summed E-state index contributed by atoms with van der Waals surface area (Å²) in [7, 11) is -2.33. The van der Waals surface area contributed by atoms with E-state index in [0.717, 1.165) is 63.4 Å². The summed E-state index contributed by atoms with van der Waals surface area (Å²) >= 11 is 0. The third kappa shape index (κ3) is 5.10. The lowest BCUT2D eigenvalue weighted by Crippen LogP contribution is -2.59. The van der Waals surface area contributed by atoms with Gasteiger partial charge in [-0.15, -0.1) is 0 Å². The Labute approximate surface area is 235 Å². The topological polar surface area (TPSA) is 89.9 Å². The van der Waals surface area contributed by atoms with E-state index in [0.29, 0.717) is 41.9 Å². The van der Waals surface area contributed by atoms with Crippen molar-refractivity contribution < 1.29 is 27.2 Å². The van der Waals surface area contributed by atoms with E-state index in [1.165, 1.54) is 7.11 Å². The smallest absolute Gasteiger partial charge is 0.305 e. The highest BCUT2D eigenvalue weighted by Gasteiger charge is 2.63. The van der Waals surface area contributed by atoms with Crippen LogP contribution in [0.5, 0.6) is 0 Å². The largest absolute Gasteiger partial charge is 0.469 e. The molecule has 7 heteroatoms. The molecule has 0 unspecified atom stereocenters. The molecule has 1 aromatic carbocycles. The lowest BCUT2D eigenvalue weighted by Gasteiger charge is -2.62. The second-order valence-electron chi connectivity index (χ2n) is 13.8. The van der Waals surface area contributed by atoms with Crippen LogP contribution in [-0.2, 0) is 23.8 Å². The number of rotatable bonds is 7. The molecule has 1 aromatic rings. The second kappa shape index (κ2) is 10.8. The number of hydrogen-bond acceptors (Lipinski definition) is 6. The molecule has 4 saturated carbocycles. The van der Waals surface area contributed by atoms with Crippen molar-refractivity contribution in [2.75, 3.05) is 7.11 Å². The summed E-state index contributed by atoms with van der Waals surface area (Å²) in [6.07, 6.45) is 8.46. The summed E-state index contributed by atoms with van der Waals surface area (Å²) in [5, 5.41) is 11.8. The van der Waals surface area contributed by atoms with Gasteiger partial charge in [-0.2, -0.15) is 8.42 Å². The van der Waals surface area contributed by atoms with E-state index in [9.17, 15) is 18.3 Å². The van der Waals surface area contributed by atoms with Crippen molar-refractivity contribution in [2.45, 2.75) is 109 Å². The van der Waals surface area contributed by atoms with E-state index in [-0.39, 0.29) is 33.9 Å². The molecule has 5 rings (SSSR count). The van der Waals surface area contributed by atoms with Gasteiger partial charge in [0.1, 0.15) is 0 Å². The normalized spacial score (nSPS) is 40.7. The molecule has 6 nitrogen and oxygen atoms in total. The molecule has 0 radical (unpaired) electrons. The standard InChI is InChI=1S/C32H48O6S/c1-20-6-10-24(11-7-20)39(35,36)38-23-16-17-31(3)22(18-23)9-12-25-27-14-13-26(21(2)8-15-30(34)37-5)32(27,4)29(33)19-28(25)31/h6-7,10-11,21-23,25-29,33H,8-9,12-19H2,1-5H3/t21-,22+,23+,25-,26+,27-,28-,29-,31+,32+/m1/s1. The van der Waals surface area contributed by atoms with Crippen LogP contribution in [0.2, 0.25) is 0 Å². The van der Waals surface area contributed by atoms with Gasteiger partial charge in [-0.3, -0.25) is 8.98 Å². The third-order valence-electron chi connectivity index (χ3n) is 12.1. The van der Waals surface area contributed by atoms with Gasteiger partial charge < -0.3 is 9.84 Å². The number of carbonyl (C=O) groups is 1. The molecular weight excluding hydrogens is 512 g/mol. The van der Waals surface area contributed by atoms with Crippen LogP contribution in [0.4, 0.5) is 0 Å². The number of ether oxygens (including phenoxy) is 1. The van der Waals surface area contributed by atoms with Crippen LogP contribution >= 0.6 is 0 Å². The second-order valence-corrected chi connectivity index (χ2v) is 15.4. The molecule has 0 heterocycles. The maximum atomic E-state index is 13.0. The minimum Gasteiger partial charge on any atom is -0.469 e. The first-order valence-corrected chi connectivity index (χ1v) is 16.6. The first-order valence-electron chi connectivity index (χ1n) is 15.1. The minimum atomic E-state index is -3.78. The van der Waals surface area contributed by atoms with Gasteiger partial charge in [-0.25, -0.2) is 0 Å². The van der Waals surface area contributed by atoms with Crippen LogP contribution in [0, 0.1) is 53.3 Å². The summed E-state index contributed by atoms with van der Waals surface area (Å²) in [6.45, 7) is 8.95. The molecular formula is C32H48O6S. The third-order valence-corrected chi connectivity index (χ3v) is 13.5. The zero-order valence-electron chi connectivity index (χ0n) is 24.4. The molecule has 39 heavy (non-hydrogen) atoms. The highest BCUT2D eigenvalue weighted by molar-refractivity contribution is 7.86. The summed E-state index contributed by atoms with van der Waals surface area (Å²) in [5.74, 6) is 2.63. The molecule has 4 fully saturated rings. The Morgan fingerprint density at radius 3 is 2.46 bits per heavy atom. The number of aryl methyl sites for hydroxylation is 1. The highest BCUT2D eigenvalue weighted by Crippen LogP contribution is 2.68. The van der Waals surface area contributed by atoms with Gasteiger partial charge in [0.15, 0.2) is 0 Å². The summed E-state index contributed by atoms with van der Waals surface area (Å²) < 4.78 is 36.7. The summed E-state index contributed by atoms with van der Waals surface area (Å²) in [5.41, 5.74) is 1.02.